The first kappa shape index (κ1) is 15.3. The predicted octanol–water partition coefficient (Wildman–Crippen LogP) is 2.55. The van der Waals surface area contributed by atoms with Crippen molar-refractivity contribution in [2.75, 3.05) is 6.54 Å². The van der Waals surface area contributed by atoms with Crippen LogP contribution in [-0.4, -0.2) is 21.5 Å². The SMILES string of the molecule is NCC(Cc1ccccn1)(Cc1ccccn1)c1ccccn1. The summed E-state index contributed by atoms with van der Waals surface area (Å²) in [4.78, 5) is 13.5. The molecular weight excluding hydrogens is 284 g/mol. The molecule has 0 amide bonds. The summed E-state index contributed by atoms with van der Waals surface area (Å²) in [5, 5.41) is 0. The summed E-state index contributed by atoms with van der Waals surface area (Å²) in [6.45, 7) is 0.483. The fourth-order valence-corrected chi connectivity index (χ4v) is 2.87. The Morgan fingerprint density at radius 3 is 1.61 bits per heavy atom. The van der Waals surface area contributed by atoms with Crippen molar-refractivity contribution < 1.29 is 0 Å². The van der Waals surface area contributed by atoms with E-state index in [0.29, 0.717) is 6.54 Å². The van der Waals surface area contributed by atoms with Crippen LogP contribution in [0.2, 0.25) is 0 Å². The van der Waals surface area contributed by atoms with E-state index in [-0.39, 0.29) is 5.41 Å². The summed E-state index contributed by atoms with van der Waals surface area (Å²) in [6, 6.07) is 17.9. The molecule has 3 heterocycles. The zero-order valence-electron chi connectivity index (χ0n) is 13.0. The molecule has 3 rings (SSSR count). The molecule has 2 N–H and O–H groups in total. The topological polar surface area (TPSA) is 64.7 Å². The quantitative estimate of drug-likeness (QED) is 0.760. The molecular formula is C19H20N4. The Morgan fingerprint density at radius 2 is 1.22 bits per heavy atom. The second-order valence-electron chi connectivity index (χ2n) is 5.70. The number of rotatable bonds is 6. The number of nitrogens with zero attached hydrogens (tertiary/aromatic N) is 3. The Morgan fingerprint density at radius 1 is 0.696 bits per heavy atom. The smallest absolute Gasteiger partial charge is 0.0485 e. The molecule has 0 aliphatic heterocycles. The summed E-state index contributed by atoms with van der Waals surface area (Å²) in [5.41, 5.74) is 8.94. The molecule has 0 unspecified atom stereocenters. The van der Waals surface area contributed by atoms with Gasteiger partial charge in [-0.3, -0.25) is 15.0 Å². The lowest BCUT2D eigenvalue weighted by Crippen LogP contribution is -2.41. The predicted molar refractivity (Wildman–Crippen MR) is 90.9 cm³/mol. The molecule has 4 heteroatoms. The summed E-state index contributed by atoms with van der Waals surface area (Å²) < 4.78 is 0. The molecule has 3 aromatic heterocycles. The van der Waals surface area contributed by atoms with Crippen molar-refractivity contribution in [2.45, 2.75) is 18.3 Å². The van der Waals surface area contributed by atoms with Gasteiger partial charge >= 0.3 is 0 Å². The molecule has 3 aromatic rings. The molecule has 0 aromatic carbocycles. The van der Waals surface area contributed by atoms with Crippen molar-refractivity contribution in [1.29, 1.82) is 0 Å². The molecule has 4 nitrogen and oxygen atoms in total. The van der Waals surface area contributed by atoms with Crippen molar-refractivity contribution in [1.82, 2.24) is 15.0 Å². The van der Waals surface area contributed by atoms with Gasteiger partial charge < -0.3 is 5.73 Å². The maximum atomic E-state index is 6.24. The fraction of sp³-hybridized carbons (Fsp3) is 0.211. The van der Waals surface area contributed by atoms with E-state index in [2.05, 4.69) is 15.0 Å². The second kappa shape index (κ2) is 7.11. The van der Waals surface area contributed by atoms with Crippen LogP contribution < -0.4 is 5.73 Å². The van der Waals surface area contributed by atoms with Gasteiger partial charge in [0.05, 0.1) is 0 Å². The van der Waals surface area contributed by atoms with Crippen LogP contribution in [0.25, 0.3) is 0 Å². The van der Waals surface area contributed by atoms with Crippen LogP contribution in [-0.2, 0) is 18.3 Å². The highest BCUT2D eigenvalue weighted by Gasteiger charge is 2.33. The van der Waals surface area contributed by atoms with Gasteiger partial charge in [0.25, 0.3) is 0 Å². The lowest BCUT2D eigenvalue weighted by atomic mass is 9.75. The number of hydrogen-bond acceptors (Lipinski definition) is 4. The molecule has 0 fully saturated rings. The van der Waals surface area contributed by atoms with Crippen LogP contribution in [0.1, 0.15) is 17.1 Å². The minimum absolute atomic E-state index is 0.316. The van der Waals surface area contributed by atoms with Crippen LogP contribution in [0.15, 0.2) is 73.2 Å². The summed E-state index contributed by atoms with van der Waals surface area (Å²) in [5.74, 6) is 0. The monoisotopic (exact) mass is 304 g/mol. The zero-order chi connectivity index (χ0) is 16.0. The largest absolute Gasteiger partial charge is 0.330 e. The molecule has 0 spiro atoms. The van der Waals surface area contributed by atoms with Crippen LogP contribution in [0.3, 0.4) is 0 Å². The van der Waals surface area contributed by atoms with Gasteiger partial charge in [-0.2, -0.15) is 0 Å². The standard InChI is InChI=1S/C19H20N4/c20-15-19(18-9-3-6-12-23-18,13-16-7-1-4-10-21-16)14-17-8-2-5-11-22-17/h1-12H,13-15,20H2. The third-order valence-electron chi connectivity index (χ3n) is 4.09. The third kappa shape index (κ3) is 3.60. The molecule has 0 radical (unpaired) electrons. The van der Waals surface area contributed by atoms with Gasteiger partial charge in [0.15, 0.2) is 0 Å². The molecule has 0 aliphatic carbocycles. The Kier molecular flexibility index (Phi) is 4.74. The zero-order valence-corrected chi connectivity index (χ0v) is 13.0. The normalized spacial score (nSPS) is 11.3. The highest BCUT2D eigenvalue weighted by atomic mass is 14.8. The Bertz CT molecular complexity index is 673. The lowest BCUT2D eigenvalue weighted by Gasteiger charge is -2.31. The van der Waals surface area contributed by atoms with Gasteiger partial charge in [-0.15, -0.1) is 0 Å². The van der Waals surface area contributed by atoms with E-state index in [1.807, 2.05) is 73.2 Å². The number of aromatic nitrogens is 3. The Balaban J connectivity index is 2.00. The van der Waals surface area contributed by atoms with Gasteiger partial charge in [-0.05, 0) is 36.4 Å². The molecule has 116 valence electrons. The average molecular weight is 304 g/mol. The summed E-state index contributed by atoms with van der Waals surface area (Å²) in [6.07, 6.45) is 6.91. The molecule has 0 saturated carbocycles. The van der Waals surface area contributed by atoms with Gasteiger partial charge in [0.1, 0.15) is 0 Å². The summed E-state index contributed by atoms with van der Waals surface area (Å²) in [7, 11) is 0. The first-order valence-corrected chi connectivity index (χ1v) is 7.74. The first-order valence-electron chi connectivity index (χ1n) is 7.74. The number of nitrogens with two attached hydrogens (primary N) is 1. The van der Waals surface area contributed by atoms with E-state index in [9.17, 15) is 0 Å². The highest BCUT2D eigenvalue weighted by Crippen LogP contribution is 2.29. The van der Waals surface area contributed by atoms with Crippen molar-refractivity contribution in [3.05, 3.63) is 90.3 Å². The molecule has 0 aliphatic rings. The maximum absolute atomic E-state index is 6.24. The first-order chi connectivity index (χ1) is 11.3. The molecule has 0 atom stereocenters. The highest BCUT2D eigenvalue weighted by molar-refractivity contribution is 5.25. The van der Waals surface area contributed by atoms with Gasteiger partial charge in [0, 0.05) is 60.5 Å². The van der Waals surface area contributed by atoms with E-state index in [1.165, 1.54) is 0 Å². The number of hydrogen-bond donors (Lipinski definition) is 1. The maximum Gasteiger partial charge on any atom is 0.0485 e. The van der Waals surface area contributed by atoms with E-state index in [0.717, 1.165) is 29.9 Å². The summed E-state index contributed by atoms with van der Waals surface area (Å²) >= 11 is 0. The van der Waals surface area contributed by atoms with E-state index in [4.69, 9.17) is 5.73 Å². The second-order valence-corrected chi connectivity index (χ2v) is 5.70. The lowest BCUT2D eigenvalue weighted by molar-refractivity contribution is 0.409. The van der Waals surface area contributed by atoms with E-state index in [1.54, 1.807) is 0 Å². The van der Waals surface area contributed by atoms with Crippen LogP contribution in [0.5, 0.6) is 0 Å². The average Bonchev–Trinajstić information content (AvgIpc) is 2.63. The van der Waals surface area contributed by atoms with Crippen LogP contribution >= 0.6 is 0 Å². The third-order valence-corrected chi connectivity index (χ3v) is 4.09. The van der Waals surface area contributed by atoms with Crippen molar-refractivity contribution >= 4 is 0 Å². The molecule has 23 heavy (non-hydrogen) atoms. The van der Waals surface area contributed by atoms with Gasteiger partial charge in [-0.25, -0.2) is 0 Å². The molecule has 0 saturated heterocycles. The van der Waals surface area contributed by atoms with Crippen molar-refractivity contribution in [3.8, 4) is 0 Å². The molecule has 0 bridgehead atoms. The van der Waals surface area contributed by atoms with Crippen molar-refractivity contribution in [3.63, 3.8) is 0 Å². The van der Waals surface area contributed by atoms with Crippen LogP contribution in [0, 0.1) is 0 Å². The number of pyridine rings is 3. The Hall–Kier alpha value is -2.59. The van der Waals surface area contributed by atoms with Crippen LogP contribution in [0.4, 0.5) is 0 Å². The van der Waals surface area contributed by atoms with E-state index < -0.39 is 0 Å². The fourth-order valence-electron chi connectivity index (χ4n) is 2.87. The minimum Gasteiger partial charge on any atom is -0.330 e. The van der Waals surface area contributed by atoms with E-state index >= 15 is 0 Å². The van der Waals surface area contributed by atoms with Gasteiger partial charge in [0.2, 0.25) is 0 Å². The van der Waals surface area contributed by atoms with Gasteiger partial charge in [-0.1, -0.05) is 18.2 Å². The minimum atomic E-state index is -0.316. The Labute approximate surface area is 136 Å². The van der Waals surface area contributed by atoms with Crippen molar-refractivity contribution in [2.24, 2.45) is 5.73 Å².